The number of nitrogens with zero attached hydrogens (tertiary/aromatic N) is 2. The van der Waals surface area contributed by atoms with Gasteiger partial charge >= 0.3 is 0 Å². The normalized spacial score (nSPS) is 10.8. The van der Waals surface area contributed by atoms with Crippen LogP contribution < -0.4 is 10.1 Å². The van der Waals surface area contributed by atoms with Crippen LogP contribution in [0, 0.1) is 0 Å². The van der Waals surface area contributed by atoms with E-state index < -0.39 is 0 Å². The fourth-order valence-electron chi connectivity index (χ4n) is 2.69. The van der Waals surface area contributed by atoms with Crippen molar-refractivity contribution in [1.29, 1.82) is 0 Å². The Morgan fingerprint density at radius 2 is 1.92 bits per heavy atom. The van der Waals surface area contributed by atoms with Crippen LogP contribution in [0.2, 0.25) is 5.02 Å². The van der Waals surface area contributed by atoms with E-state index in [2.05, 4.69) is 15.3 Å². The number of rotatable bonds is 4. The van der Waals surface area contributed by atoms with E-state index in [0.717, 1.165) is 27.1 Å². The molecule has 0 radical (unpaired) electrons. The zero-order valence-electron chi connectivity index (χ0n) is 13.7. The smallest absolute Gasteiger partial charge is 0.143 e. The zero-order chi connectivity index (χ0) is 18.1. The molecule has 4 aromatic rings. The Kier molecular flexibility index (Phi) is 4.36. The summed E-state index contributed by atoms with van der Waals surface area (Å²) in [6.45, 7) is 0. The van der Waals surface area contributed by atoms with E-state index in [1.54, 1.807) is 25.3 Å². The number of halogens is 1. The van der Waals surface area contributed by atoms with Gasteiger partial charge in [-0.3, -0.25) is 0 Å². The van der Waals surface area contributed by atoms with E-state index in [1.165, 1.54) is 17.7 Å². The Hall–Kier alpha value is -2.83. The Morgan fingerprint density at radius 3 is 2.69 bits per heavy atom. The lowest BCUT2D eigenvalue weighted by atomic mass is 10.1. The van der Waals surface area contributed by atoms with Gasteiger partial charge in [-0.1, -0.05) is 23.7 Å². The van der Waals surface area contributed by atoms with Gasteiger partial charge < -0.3 is 15.2 Å². The highest BCUT2D eigenvalue weighted by molar-refractivity contribution is 7.17. The molecule has 0 aliphatic heterocycles. The third-order valence-corrected chi connectivity index (χ3v) is 5.10. The Bertz CT molecular complexity index is 1080. The van der Waals surface area contributed by atoms with Crippen molar-refractivity contribution in [3.63, 3.8) is 0 Å². The lowest BCUT2D eigenvalue weighted by Gasteiger charge is -2.10. The molecule has 0 saturated carbocycles. The highest BCUT2D eigenvalue weighted by atomic mass is 35.5. The quantitative estimate of drug-likeness (QED) is 0.457. The number of aromatic hydroxyl groups is 1. The minimum atomic E-state index is 0.0994. The molecule has 0 aliphatic rings. The molecular formula is C19H14ClN3O2S. The van der Waals surface area contributed by atoms with Gasteiger partial charge in [0.25, 0.3) is 0 Å². The van der Waals surface area contributed by atoms with Crippen LogP contribution in [0.5, 0.6) is 11.5 Å². The molecule has 2 heterocycles. The van der Waals surface area contributed by atoms with Gasteiger partial charge in [-0.2, -0.15) is 0 Å². The summed E-state index contributed by atoms with van der Waals surface area (Å²) >= 11 is 7.58. The van der Waals surface area contributed by atoms with E-state index in [1.807, 2.05) is 29.6 Å². The first kappa shape index (κ1) is 16.6. The molecule has 2 N–H and O–H groups in total. The van der Waals surface area contributed by atoms with Crippen LogP contribution >= 0.6 is 22.9 Å². The molecule has 0 fully saturated rings. The minimum absolute atomic E-state index is 0.0994. The molecule has 0 aliphatic carbocycles. The number of ether oxygens (including phenoxy) is 1. The van der Waals surface area contributed by atoms with E-state index in [4.69, 9.17) is 16.3 Å². The van der Waals surface area contributed by atoms with Gasteiger partial charge in [0.1, 0.15) is 28.5 Å². The molecule has 5 nitrogen and oxygen atoms in total. The van der Waals surface area contributed by atoms with Crippen LogP contribution in [0.4, 0.5) is 11.5 Å². The van der Waals surface area contributed by atoms with Crippen molar-refractivity contribution in [2.24, 2.45) is 0 Å². The number of thiophene rings is 1. The first-order valence-electron chi connectivity index (χ1n) is 7.78. The minimum Gasteiger partial charge on any atom is -0.506 e. The maximum atomic E-state index is 10.1. The van der Waals surface area contributed by atoms with Crippen molar-refractivity contribution >= 4 is 44.7 Å². The van der Waals surface area contributed by atoms with Gasteiger partial charge in [-0.25, -0.2) is 9.97 Å². The summed E-state index contributed by atoms with van der Waals surface area (Å²) in [6.07, 6.45) is 1.50. The molecule has 4 rings (SSSR count). The van der Waals surface area contributed by atoms with Crippen molar-refractivity contribution in [2.45, 2.75) is 0 Å². The number of aromatic nitrogens is 2. The molecule has 0 spiro atoms. The number of hydrogen-bond donors (Lipinski definition) is 2. The topological polar surface area (TPSA) is 67.3 Å². The number of nitrogens with one attached hydrogen (secondary N) is 1. The first-order chi connectivity index (χ1) is 12.7. The van der Waals surface area contributed by atoms with Crippen LogP contribution in [0.25, 0.3) is 21.3 Å². The van der Waals surface area contributed by atoms with Crippen LogP contribution in [0.3, 0.4) is 0 Å². The highest BCUT2D eigenvalue weighted by Gasteiger charge is 2.14. The van der Waals surface area contributed by atoms with Gasteiger partial charge in [0.15, 0.2) is 0 Å². The number of hydrogen-bond acceptors (Lipinski definition) is 6. The lowest BCUT2D eigenvalue weighted by molar-refractivity contribution is 0.415. The number of methoxy groups -OCH3 is 1. The van der Waals surface area contributed by atoms with Crippen molar-refractivity contribution < 1.29 is 9.84 Å². The van der Waals surface area contributed by atoms with Gasteiger partial charge in [0, 0.05) is 16.0 Å². The molecule has 2 aromatic heterocycles. The van der Waals surface area contributed by atoms with E-state index >= 15 is 0 Å². The van der Waals surface area contributed by atoms with Gasteiger partial charge in [0.05, 0.1) is 18.2 Å². The standard InChI is InChI=1S/C19H14ClN3O2S/c1-25-13-5-2-11(3-6-13)14-9-26-19-17(14)18(21-10-22-19)23-15-8-12(20)4-7-16(15)24/h2-10,24H,1H3,(H,21,22,23). The lowest BCUT2D eigenvalue weighted by Crippen LogP contribution is -1.96. The summed E-state index contributed by atoms with van der Waals surface area (Å²) in [6, 6.07) is 12.6. The van der Waals surface area contributed by atoms with Gasteiger partial charge in [-0.05, 0) is 35.9 Å². The van der Waals surface area contributed by atoms with Crippen LogP contribution in [-0.2, 0) is 0 Å². The second-order valence-electron chi connectivity index (χ2n) is 5.57. The Morgan fingerprint density at radius 1 is 1.12 bits per heavy atom. The molecular weight excluding hydrogens is 370 g/mol. The SMILES string of the molecule is COc1ccc(-c2csc3ncnc(Nc4cc(Cl)ccc4O)c23)cc1. The summed E-state index contributed by atoms with van der Waals surface area (Å²) in [4.78, 5) is 9.58. The summed E-state index contributed by atoms with van der Waals surface area (Å²) in [5.74, 6) is 1.51. The molecule has 0 amide bonds. The predicted octanol–water partition coefficient (Wildman–Crippen LogP) is 5.47. The maximum Gasteiger partial charge on any atom is 0.143 e. The molecule has 0 unspecified atom stereocenters. The summed E-state index contributed by atoms with van der Waals surface area (Å²) in [7, 11) is 1.64. The van der Waals surface area contributed by atoms with Crippen molar-refractivity contribution in [1.82, 2.24) is 9.97 Å². The number of anilines is 2. The summed E-state index contributed by atoms with van der Waals surface area (Å²) in [5.41, 5.74) is 2.53. The average molecular weight is 384 g/mol. The van der Waals surface area contributed by atoms with Crippen molar-refractivity contribution in [3.05, 3.63) is 59.2 Å². The first-order valence-corrected chi connectivity index (χ1v) is 9.03. The average Bonchev–Trinajstić information content (AvgIpc) is 3.10. The fraction of sp³-hybridized carbons (Fsp3) is 0.0526. The molecule has 0 atom stereocenters. The maximum absolute atomic E-state index is 10.1. The van der Waals surface area contributed by atoms with E-state index in [9.17, 15) is 5.11 Å². The summed E-state index contributed by atoms with van der Waals surface area (Å²) in [5, 5.41) is 16.7. The molecule has 2 aromatic carbocycles. The van der Waals surface area contributed by atoms with Crippen LogP contribution in [-0.4, -0.2) is 22.2 Å². The second kappa shape index (κ2) is 6.82. The van der Waals surface area contributed by atoms with Gasteiger partial charge in [-0.15, -0.1) is 11.3 Å². The van der Waals surface area contributed by atoms with Crippen molar-refractivity contribution in [2.75, 3.05) is 12.4 Å². The third kappa shape index (κ3) is 3.05. The predicted molar refractivity (Wildman–Crippen MR) is 106 cm³/mol. The number of fused-ring (bicyclic) bond motifs is 1. The number of phenolic OH excluding ortho intramolecular Hbond substituents is 1. The fourth-order valence-corrected chi connectivity index (χ4v) is 3.78. The third-order valence-electron chi connectivity index (χ3n) is 3.98. The molecule has 130 valence electrons. The van der Waals surface area contributed by atoms with Crippen LogP contribution in [0.1, 0.15) is 0 Å². The number of benzene rings is 2. The monoisotopic (exact) mass is 383 g/mol. The summed E-state index contributed by atoms with van der Waals surface area (Å²) < 4.78 is 5.23. The molecule has 7 heteroatoms. The Labute approximate surface area is 158 Å². The molecule has 26 heavy (non-hydrogen) atoms. The number of phenols is 1. The van der Waals surface area contributed by atoms with E-state index in [0.29, 0.717) is 16.5 Å². The van der Waals surface area contributed by atoms with Crippen molar-refractivity contribution in [3.8, 4) is 22.6 Å². The van der Waals surface area contributed by atoms with Gasteiger partial charge in [0.2, 0.25) is 0 Å². The zero-order valence-corrected chi connectivity index (χ0v) is 15.3. The van der Waals surface area contributed by atoms with E-state index in [-0.39, 0.29) is 5.75 Å². The largest absolute Gasteiger partial charge is 0.506 e. The highest BCUT2D eigenvalue weighted by Crippen LogP contribution is 2.39. The second-order valence-corrected chi connectivity index (χ2v) is 6.86. The molecule has 0 saturated heterocycles. The Balaban J connectivity index is 1.82. The molecule has 0 bridgehead atoms. The van der Waals surface area contributed by atoms with Crippen LogP contribution in [0.15, 0.2) is 54.2 Å².